The van der Waals surface area contributed by atoms with Crippen LogP contribution in [0.2, 0.25) is 0 Å². The Balaban J connectivity index is 1.37. The summed E-state index contributed by atoms with van der Waals surface area (Å²) in [5.74, 6) is -0.314. The molecule has 1 amide bonds. The lowest BCUT2D eigenvalue weighted by molar-refractivity contribution is -0.116. The molecule has 3 rings (SSSR count). The second-order valence-corrected chi connectivity index (χ2v) is 7.04. The van der Waals surface area contributed by atoms with Gasteiger partial charge in [0, 0.05) is 37.3 Å². The molecule has 0 aliphatic carbocycles. The standard InChI is InChI=1S/C19H28FN3O2/c1-15-14-25-13-12-23(15)18-6-9-22(10-7-18)11-8-19(24)21-17-4-2-16(20)3-5-17/h2-5,15,18H,6-14H2,1H3,(H,21,24)/t15-/m0/s1. The largest absolute Gasteiger partial charge is 0.379 e. The molecule has 0 aromatic heterocycles. The number of benzene rings is 1. The van der Waals surface area contributed by atoms with Crippen LogP contribution in [-0.2, 0) is 9.53 Å². The first-order valence-electron chi connectivity index (χ1n) is 9.23. The highest BCUT2D eigenvalue weighted by atomic mass is 19.1. The Labute approximate surface area is 149 Å². The molecule has 0 radical (unpaired) electrons. The SMILES string of the molecule is C[C@H]1COCCN1C1CCN(CCC(=O)Nc2ccc(F)cc2)CC1. The lowest BCUT2D eigenvalue weighted by atomic mass is 10.0. The van der Waals surface area contributed by atoms with E-state index in [1.54, 1.807) is 12.1 Å². The summed E-state index contributed by atoms with van der Waals surface area (Å²) in [6, 6.07) is 7.03. The lowest BCUT2D eigenvalue weighted by Crippen LogP contribution is -2.53. The fourth-order valence-corrected chi connectivity index (χ4v) is 3.77. The van der Waals surface area contributed by atoms with Crippen molar-refractivity contribution in [3.63, 3.8) is 0 Å². The number of rotatable bonds is 5. The molecule has 2 saturated heterocycles. The summed E-state index contributed by atoms with van der Waals surface area (Å²) in [7, 11) is 0. The van der Waals surface area contributed by atoms with Crippen molar-refractivity contribution >= 4 is 11.6 Å². The zero-order valence-corrected chi connectivity index (χ0v) is 14.9. The fourth-order valence-electron chi connectivity index (χ4n) is 3.77. The number of amides is 1. The van der Waals surface area contributed by atoms with E-state index in [1.165, 1.54) is 12.1 Å². The zero-order chi connectivity index (χ0) is 17.6. The summed E-state index contributed by atoms with van der Waals surface area (Å²) in [6.07, 6.45) is 2.78. The van der Waals surface area contributed by atoms with Gasteiger partial charge in [0.15, 0.2) is 0 Å². The van der Waals surface area contributed by atoms with Crippen LogP contribution >= 0.6 is 0 Å². The van der Waals surface area contributed by atoms with E-state index < -0.39 is 0 Å². The van der Waals surface area contributed by atoms with Gasteiger partial charge in [0.05, 0.1) is 13.2 Å². The predicted molar refractivity (Wildman–Crippen MR) is 96.1 cm³/mol. The van der Waals surface area contributed by atoms with Crippen LogP contribution in [0.1, 0.15) is 26.2 Å². The molecule has 25 heavy (non-hydrogen) atoms. The molecular formula is C19H28FN3O2. The second kappa shape index (κ2) is 8.74. The van der Waals surface area contributed by atoms with Gasteiger partial charge in [-0.3, -0.25) is 9.69 Å². The number of morpholine rings is 1. The molecule has 2 heterocycles. The molecule has 0 bridgehead atoms. The van der Waals surface area contributed by atoms with E-state index in [4.69, 9.17) is 4.74 Å². The van der Waals surface area contributed by atoms with Crippen LogP contribution in [0.5, 0.6) is 0 Å². The Morgan fingerprint density at radius 2 is 1.96 bits per heavy atom. The molecule has 2 aliphatic rings. The van der Waals surface area contributed by atoms with Crippen molar-refractivity contribution < 1.29 is 13.9 Å². The highest BCUT2D eigenvalue weighted by Gasteiger charge is 2.29. The van der Waals surface area contributed by atoms with Gasteiger partial charge in [-0.1, -0.05) is 0 Å². The predicted octanol–water partition coefficient (Wildman–Crippen LogP) is 2.34. The Morgan fingerprint density at radius 3 is 2.64 bits per heavy atom. The normalized spacial score (nSPS) is 23.5. The number of nitrogens with zero attached hydrogens (tertiary/aromatic N) is 2. The van der Waals surface area contributed by atoms with E-state index in [0.717, 1.165) is 52.2 Å². The molecule has 0 saturated carbocycles. The number of anilines is 1. The van der Waals surface area contributed by atoms with Gasteiger partial charge in [-0.05, 0) is 57.1 Å². The van der Waals surface area contributed by atoms with Crippen LogP contribution in [0.25, 0.3) is 0 Å². The average molecular weight is 349 g/mol. The van der Waals surface area contributed by atoms with Gasteiger partial charge in [-0.15, -0.1) is 0 Å². The highest BCUT2D eigenvalue weighted by molar-refractivity contribution is 5.90. The molecule has 1 N–H and O–H groups in total. The summed E-state index contributed by atoms with van der Waals surface area (Å²) in [5, 5.41) is 2.82. The highest BCUT2D eigenvalue weighted by Crippen LogP contribution is 2.21. The number of halogens is 1. The lowest BCUT2D eigenvalue weighted by Gasteiger charge is -2.43. The smallest absolute Gasteiger partial charge is 0.225 e. The van der Waals surface area contributed by atoms with Crippen LogP contribution < -0.4 is 5.32 Å². The van der Waals surface area contributed by atoms with Crippen molar-refractivity contribution in [3.8, 4) is 0 Å². The van der Waals surface area contributed by atoms with Gasteiger partial charge in [0.1, 0.15) is 5.82 Å². The van der Waals surface area contributed by atoms with Crippen molar-refractivity contribution in [2.45, 2.75) is 38.3 Å². The number of likely N-dealkylation sites (tertiary alicyclic amines) is 1. The van der Waals surface area contributed by atoms with E-state index in [-0.39, 0.29) is 11.7 Å². The van der Waals surface area contributed by atoms with Gasteiger partial charge in [-0.2, -0.15) is 0 Å². The summed E-state index contributed by atoms with van der Waals surface area (Å²) in [6.45, 7) is 7.81. The molecule has 2 fully saturated rings. The van der Waals surface area contributed by atoms with E-state index >= 15 is 0 Å². The maximum Gasteiger partial charge on any atom is 0.225 e. The first-order chi connectivity index (χ1) is 12.1. The average Bonchev–Trinajstić information content (AvgIpc) is 2.63. The first-order valence-corrected chi connectivity index (χ1v) is 9.23. The van der Waals surface area contributed by atoms with Crippen molar-refractivity contribution in [2.75, 3.05) is 44.7 Å². The minimum Gasteiger partial charge on any atom is -0.379 e. The van der Waals surface area contributed by atoms with E-state index in [1.807, 2.05) is 0 Å². The molecule has 0 spiro atoms. The Morgan fingerprint density at radius 1 is 1.24 bits per heavy atom. The third kappa shape index (κ3) is 5.23. The third-order valence-electron chi connectivity index (χ3n) is 5.23. The molecule has 138 valence electrons. The molecule has 0 unspecified atom stereocenters. The van der Waals surface area contributed by atoms with Crippen LogP contribution in [-0.4, -0.2) is 67.2 Å². The molecule has 1 atom stereocenters. The van der Waals surface area contributed by atoms with Crippen molar-refractivity contribution in [3.05, 3.63) is 30.1 Å². The van der Waals surface area contributed by atoms with Crippen molar-refractivity contribution in [1.29, 1.82) is 0 Å². The Hall–Kier alpha value is -1.50. The second-order valence-electron chi connectivity index (χ2n) is 7.04. The van der Waals surface area contributed by atoms with E-state index in [0.29, 0.717) is 24.2 Å². The minimum atomic E-state index is -0.296. The number of carbonyl (C=O) groups excluding carboxylic acids is 1. The Bertz CT molecular complexity index is 558. The number of hydrogen-bond donors (Lipinski definition) is 1. The van der Waals surface area contributed by atoms with Gasteiger partial charge < -0.3 is 15.0 Å². The molecule has 1 aromatic carbocycles. The van der Waals surface area contributed by atoms with Gasteiger partial charge in [-0.25, -0.2) is 4.39 Å². The Kier molecular flexibility index (Phi) is 6.39. The maximum absolute atomic E-state index is 12.9. The monoisotopic (exact) mass is 349 g/mol. The maximum atomic E-state index is 12.9. The number of piperidine rings is 1. The molecule has 1 aromatic rings. The summed E-state index contributed by atoms with van der Waals surface area (Å²) in [5.41, 5.74) is 0.645. The van der Waals surface area contributed by atoms with Crippen molar-refractivity contribution in [1.82, 2.24) is 9.80 Å². The quantitative estimate of drug-likeness (QED) is 0.886. The minimum absolute atomic E-state index is 0.0180. The van der Waals surface area contributed by atoms with Crippen LogP contribution in [0.15, 0.2) is 24.3 Å². The van der Waals surface area contributed by atoms with Crippen LogP contribution in [0, 0.1) is 5.82 Å². The molecule has 6 heteroatoms. The number of ether oxygens (including phenoxy) is 1. The molecular weight excluding hydrogens is 321 g/mol. The molecule has 5 nitrogen and oxygen atoms in total. The molecule has 2 aliphatic heterocycles. The van der Waals surface area contributed by atoms with Gasteiger partial charge >= 0.3 is 0 Å². The van der Waals surface area contributed by atoms with Crippen LogP contribution in [0.3, 0.4) is 0 Å². The third-order valence-corrected chi connectivity index (χ3v) is 5.23. The van der Waals surface area contributed by atoms with Gasteiger partial charge in [0.25, 0.3) is 0 Å². The van der Waals surface area contributed by atoms with E-state index in [9.17, 15) is 9.18 Å². The van der Waals surface area contributed by atoms with Crippen LogP contribution in [0.4, 0.5) is 10.1 Å². The summed E-state index contributed by atoms with van der Waals surface area (Å²) in [4.78, 5) is 17.0. The summed E-state index contributed by atoms with van der Waals surface area (Å²) >= 11 is 0. The number of nitrogens with one attached hydrogen (secondary N) is 1. The van der Waals surface area contributed by atoms with Crippen molar-refractivity contribution in [2.24, 2.45) is 0 Å². The van der Waals surface area contributed by atoms with Gasteiger partial charge in [0.2, 0.25) is 5.91 Å². The van der Waals surface area contributed by atoms with E-state index in [2.05, 4.69) is 22.0 Å². The number of hydrogen-bond acceptors (Lipinski definition) is 4. The number of carbonyl (C=O) groups is 1. The first kappa shape index (κ1) is 18.3. The summed E-state index contributed by atoms with van der Waals surface area (Å²) < 4.78 is 18.4. The topological polar surface area (TPSA) is 44.8 Å². The zero-order valence-electron chi connectivity index (χ0n) is 14.9. The fraction of sp³-hybridized carbons (Fsp3) is 0.632.